The molecule has 0 saturated carbocycles. The number of rotatable bonds is 5. The molecule has 0 radical (unpaired) electrons. The summed E-state index contributed by atoms with van der Waals surface area (Å²) in [4.78, 5) is 28.2. The quantitative estimate of drug-likeness (QED) is 0.825. The van der Waals surface area contributed by atoms with E-state index in [0.717, 1.165) is 26.1 Å². The van der Waals surface area contributed by atoms with Gasteiger partial charge >= 0.3 is 0 Å². The van der Waals surface area contributed by atoms with Gasteiger partial charge in [0.2, 0.25) is 5.91 Å². The number of hydrogen-bond donors (Lipinski definition) is 1. The van der Waals surface area contributed by atoms with Crippen molar-refractivity contribution in [1.29, 1.82) is 0 Å². The molecule has 0 aliphatic carbocycles. The van der Waals surface area contributed by atoms with Crippen molar-refractivity contribution in [3.05, 3.63) is 24.2 Å². The minimum Gasteiger partial charge on any atom is -0.472 e. The maximum absolute atomic E-state index is 12.4. The van der Waals surface area contributed by atoms with Crippen molar-refractivity contribution in [3.63, 3.8) is 0 Å². The summed E-state index contributed by atoms with van der Waals surface area (Å²) in [5.41, 5.74) is 0.499. The van der Waals surface area contributed by atoms with Gasteiger partial charge in [-0.2, -0.15) is 0 Å². The molecule has 3 rings (SSSR count). The molecule has 22 heavy (non-hydrogen) atoms. The molecule has 2 fully saturated rings. The van der Waals surface area contributed by atoms with Crippen LogP contribution in [0.5, 0.6) is 0 Å². The highest BCUT2D eigenvalue weighted by atomic mass is 16.5. The molecular weight excluding hydrogens is 286 g/mol. The highest BCUT2D eigenvalue weighted by Crippen LogP contribution is 2.18. The normalized spacial score (nSPS) is 23.0. The first-order valence-electron chi connectivity index (χ1n) is 7.66. The summed E-state index contributed by atoms with van der Waals surface area (Å²) in [6, 6.07) is 1.60. The van der Waals surface area contributed by atoms with E-state index < -0.39 is 0 Å². The van der Waals surface area contributed by atoms with Gasteiger partial charge in [-0.05, 0) is 12.5 Å². The summed E-state index contributed by atoms with van der Waals surface area (Å²) in [6.45, 7) is 4.79. The molecule has 0 spiro atoms. The van der Waals surface area contributed by atoms with Crippen molar-refractivity contribution in [1.82, 2.24) is 15.1 Å². The Balaban J connectivity index is 1.43. The topological polar surface area (TPSA) is 75.0 Å². The second kappa shape index (κ2) is 6.93. The fourth-order valence-corrected chi connectivity index (χ4v) is 2.97. The van der Waals surface area contributed by atoms with Crippen molar-refractivity contribution < 1.29 is 18.7 Å². The first-order chi connectivity index (χ1) is 10.8. The van der Waals surface area contributed by atoms with E-state index in [0.29, 0.717) is 31.9 Å². The Kier molecular flexibility index (Phi) is 4.74. The van der Waals surface area contributed by atoms with Crippen LogP contribution in [0, 0.1) is 0 Å². The number of nitrogens with zero attached hydrogens (tertiary/aromatic N) is 2. The molecule has 2 aliphatic rings. The number of carbonyl (C=O) groups is 2. The predicted molar refractivity (Wildman–Crippen MR) is 78.4 cm³/mol. The summed E-state index contributed by atoms with van der Waals surface area (Å²) in [7, 11) is 0. The Morgan fingerprint density at radius 1 is 1.32 bits per heavy atom. The zero-order chi connectivity index (χ0) is 15.4. The Morgan fingerprint density at radius 2 is 2.14 bits per heavy atom. The van der Waals surface area contributed by atoms with E-state index in [-0.39, 0.29) is 17.9 Å². The molecule has 0 aromatic carbocycles. The van der Waals surface area contributed by atoms with Crippen molar-refractivity contribution >= 4 is 11.8 Å². The summed E-state index contributed by atoms with van der Waals surface area (Å²) in [5.74, 6) is -0.00964. The third kappa shape index (κ3) is 3.31. The Hall–Kier alpha value is -1.86. The summed E-state index contributed by atoms with van der Waals surface area (Å²) in [5, 5.41) is 2.80. The van der Waals surface area contributed by atoms with Crippen LogP contribution in [0.1, 0.15) is 16.8 Å². The highest BCUT2D eigenvalue weighted by Gasteiger charge is 2.36. The number of nitrogens with one attached hydrogen (secondary N) is 1. The summed E-state index contributed by atoms with van der Waals surface area (Å²) >= 11 is 0. The van der Waals surface area contributed by atoms with Crippen LogP contribution in [0.3, 0.4) is 0 Å². The second-order valence-corrected chi connectivity index (χ2v) is 5.55. The Bertz CT molecular complexity index is 511. The molecule has 1 unspecified atom stereocenters. The maximum atomic E-state index is 12.4. The molecule has 3 heterocycles. The van der Waals surface area contributed by atoms with Crippen LogP contribution < -0.4 is 5.32 Å². The van der Waals surface area contributed by atoms with Gasteiger partial charge in [-0.1, -0.05) is 0 Å². The molecule has 7 heteroatoms. The summed E-state index contributed by atoms with van der Waals surface area (Å²) < 4.78 is 10.2. The van der Waals surface area contributed by atoms with Crippen LogP contribution in [0.2, 0.25) is 0 Å². The first-order valence-corrected chi connectivity index (χ1v) is 7.66. The fourth-order valence-electron chi connectivity index (χ4n) is 2.97. The number of ether oxygens (including phenoxy) is 1. The smallest absolute Gasteiger partial charge is 0.254 e. The van der Waals surface area contributed by atoms with E-state index in [2.05, 4.69) is 10.2 Å². The van der Waals surface area contributed by atoms with E-state index in [1.54, 1.807) is 6.07 Å². The van der Waals surface area contributed by atoms with Crippen molar-refractivity contribution in [2.24, 2.45) is 0 Å². The molecule has 0 bridgehead atoms. The van der Waals surface area contributed by atoms with Gasteiger partial charge in [-0.25, -0.2) is 0 Å². The van der Waals surface area contributed by atoms with Gasteiger partial charge in [0.1, 0.15) is 6.26 Å². The summed E-state index contributed by atoms with van der Waals surface area (Å²) in [6.07, 6.45) is 3.73. The van der Waals surface area contributed by atoms with Crippen molar-refractivity contribution in [2.75, 3.05) is 45.9 Å². The van der Waals surface area contributed by atoms with Crippen molar-refractivity contribution in [3.8, 4) is 0 Å². The van der Waals surface area contributed by atoms with Gasteiger partial charge in [-0.3, -0.25) is 14.5 Å². The van der Waals surface area contributed by atoms with Crippen LogP contribution in [-0.2, 0) is 9.53 Å². The standard InChI is InChI=1S/C15H21N3O4/c19-14(12-2-8-22-11-12)16-3-5-18-4-1-13(15(18)20)17-6-9-21-10-7-17/h2,8,11,13H,1,3-7,9-10H2,(H,16,19). The average molecular weight is 307 g/mol. The SMILES string of the molecule is O=C(NCCN1CCC(N2CCOCC2)C1=O)c1ccoc1. The molecule has 1 atom stereocenters. The van der Waals surface area contributed by atoms with Gasteiger partial charge in [0.15, 0.2) is 0 Å². The molecule has 1 aromatic rings. The zero-order valence-corrected chi connectivity index (χ0v) is 12.5. The number of morpholine rings is 1. The van der Waals surface area contributed by atoms with Crippen molar-refractivity contribution in [2.45, 2.75) is 12.5 Å². The third-order valence-electron chi connectivity index (χ3n) is 4.21. The lowest BCUT2D eigenvalue weighted by atomic mass is 10.2. The van der Waals surface area contributed by atoms with Gasteiger partial charge in [0, 0.05) is 32.7 Å². The van der Waals surface area contributed by atoms with E-state index in [4.69, 9.17) is 9.15 Å². The Morgan fingerprint density at radius 3 is 2.86 bits per heavy atom. The minimum absolute atomic E-state index is 0.0199. The molecule has 2 amide bonds. The average Bonchev–Trinajstić information content (AvgIpc) is 3.19. The second-order valence-electron chi connectivity index (χ2n) is 5.55. The first kappa shape index (κ1) is 15.1. The van der Waals surface area contributed by atoms with Gasteiger partial charge in [0.25, 0.3) is 5.91 Å². The molecule has 7 nitrogen and oxygen atoms in total. The predicted octanol–water partition coefficient (Wildman–Crippen LogP) is -0.0575. The van der Waals surface area contributed by atoms with Crippen LogP contribution in [0.25, 0.3) is 0 Å². The molecule has 1 aromatic heterocycles. The van der Waals surface area contributed by atoms with Gasteiger partial charge < -0.3 is 19.4 Å². The van der Waals surface area contributed by atoms with E-state index >= 15 is 0 Å². The third-order valence-corrected chi connectivity index (χ3v) is 4.21. The van der Waals surface area contributed by atoms with Crippen LogP contribution >= 0.6 is 0 Å². The minimum atomic E-state index is -0.176. The molecule has 1 N–H and O–H groups in total. The lowest BCUT2D eigenvalue weighted by Crippen LogP contribution is -2.48. The number of likely N-dealkylation sites (tertiary alicyclic amines) is 1. The number of furan rings is 1. The van der Waals surface area contributed by atoms with Gasteiger partial charge in [0.05, 0.1) is 31.1 Å². The largest absolute Gasteiger partial charge is 0.472 e. The van der Waals surface area contributed by atoms with E-state index in [1.807, 2.05) is 4.90 Å². The lowest BCUT2D eigenvalue weighted by Gasteiger charge is -2.31. The highest BCUT2D eigenvalue weighted by molar-refractivity contribution is 5.93. The molecule has 120 valence electrons. The van der Waals surface area contributed by atoms with Crippen LogP contribution in [0.15, 0.2) is 23.0 Å². The lowest BCUT2D eigenvalue weighted by molar-refractivity contribution is -0.133. The van der Waals surface area contributed by atoms with E-state index in [1.165, 1.54) is 12.5 Å². The fraction of sp³-hybridized carbons (Fsp3) is 0.600. The number of hydrogen-bond acceptors (Lipinski definition) is 5. The van der Waals surface area contributed by atoms with Crippen LogP contribution in [-0.4, -0.2) is 73.6 Å². The monoisotopic (exact) mass is 307 g/mol. The number of amides is 2. The molecular formula is C15H21N3O4. The Labute approximate surface area is 129 Å². The van der Waals surface area contributed by atoms with Gasteiger partial charge in [-0.15, -0.1) is 0 Å². The number of carbonyl (C=O) groups excluding carboxylic acids is 2. The molecule has 2 aliphatic heterocycles. The van der Waals surface area contributed by atoms with Crippen LogP contribution in [0.4, 0.5) is 0 Å². The molecule has 2 saturated heterocycles. The zero-order valence-electron chi connectivity index (χ0n) is 12.5. The van der Waals surface area contributed by atoms with E-state index in [9.17, 15) is 9.59 Å². The maximum Gasteiger partial charge on any atom is 0.254 e.